The van der Waals surface area contributed by atoms with Gasteiger partial charge in [-0.2, -0.15) is 0 Å². The van der Waals surface area contributed by atoms with Crippen molar-refractivity contribution in [2.24, 2.45) is 0 Å². The molecule has 0 heterocycles. The van der Waals surface area contributed by atoms with Crippen molar-refractivity contribution in [2.45, 2.75) is 31.6 Å². The summed E-state index contributed by atoms with van der Waals surface area (Å²) in [4.78, 5) is 2.40. The van der Waals surface area contributed by atoms with E-state index in [1.807, 2.05) is 0 Å². The molecule has 1 N–H and O–H groups in total. The van der Waals surface area contributed by atoms with Gasteiger partial charge in [-0.05, 0) is 56.7 Å². The summed E-state index contributed by atoms with van der Waals surface area (Å²) in [5.41, 5.74) is 0. The fourth-order valence-corrected chi connectivity index (χ4v) is 2.98. The molecule has 20 heavy (non-hydrogen) atoms. The number of benzene rings is 1. The van der Waals surface area contributed by atoms with Crippen molar-refractivity contribution in [3.8, 4) is 0 Å². The number of hydrogen-bond donors (Lipinski definition) is 1. The molecule has 114 valence electrons. The molecule has 0 unspecified atom stereocenters. The summed E-state index contributed by atoms with van der Waals surface area (Å²) >= 11 is 0. The Morgan fingerprint density at radius 3 is 2.25 bits per heavy atom. The molecule has 0 amide bonds. The van der Waals surface area contributed by atoms with Crippen LogP contribution < -0.4 is 4.72 Å². The summed E-state index contributed by atoms with van der Waals surface area (Å²) in [6.45, 7) is 7.63. The van der Waals surface area contributed by atoms with Crippen LogP contribution in [-0.4, -0.2) is 39.5 Å². The van der Waals surface area contributed by atoms with E-state index in [4.69, 9.17) is 0 Å². The van der Waals surface area contributed by atoms with Crippen LogP contribution in [0, 0.1) is 5.82 Å². The molecule has 0 aliphatic carbocycles. The highest BCUT2D eigenvalue weighted by molar-refractivity contribution is 7.89. The number of rotatable bonds is 9. The molecule has 0 fully saturated rings. The molecule has 0 saturated heterocycles. The van der Waals surface area contributed by atoms with Crippen molar-refractivity contribution in [1.29, 1.82) is 0 Å². The van der Waals surface area contributed by atoms with Crippen LogP contribution in [-0.2, 0) is 10.0 Å². The van der Waals surface area contributed by atoms with E-state index in [1.165, 1.54) is 12.1 Å². The standard InChI is InChI=1S/C14H23FN2O2S/c1-3-17(4-2)12-6-5-11-16-20(18,19)14-9-7-13(15)8-10-14/h7-10,16H,3-6,11-12H2,1-2H3. The van der Waals surface area contributed by atoms with Crippen LogP contribution in [0.5, 0.6) is 0 Å². The Hall–Kier alpha value is -0.980. The van der Waals surface area contributed by atoms with Gasteiger partial charge in [0.1, 0.15) is 5.82 Å². The Kier molecular flexibility index (Phi) is 7.12. The van der Waals surface area contributed by atoms with Crippen molar-refractivity contribution in [1.82, 2.24) is 9.62 Å². The van der Waals surface area contributed by atoms with Crippen molar-refractivity contribution in [3.05, 3.63) is 30.1 Å². The minimum absolute atomic E-state index is 0.0997. The van der Waals surface area contributed by atoms with Gasteiger partial charge >= 0.3 is 0 Å². The highest BCUT2D eigenvalue weighted by Crippen LogP contribution is 2.09. The zero-order chi connectivity index (χ0) is 15.0. The molecule has 0 atom stereocenters. The van der Waals surface area contributed by atoms with Crippen LogP contribution in [0.1, 0.15) is 26.7 Å². The predicted octanol–water partition coefficient (Wildman–Crippen LogP) is 2.23. The van der Waals surface area contributed by atoms with Crippen molar-refractivity contribution in [3.63, 3.8) is 0 Å². The predicted molar refractivity (Wildman–Crippen MR) is 78.6 cm³/mol. The van der Waals surface area contributed by atoms with Gasteiger partial charge in [0.15, 0.2) is 0 Å². The summed E-state index contributed by atoms with van der Waals surface area (Å²) < 4.78 is 39.1. The van der Waals surface area contributed by atoms with Gasteiger partial charge in [-0.15, -0.1) is 0 Å². The van der Waals surface area contributed by atoms with Crippen LogP contribution in [0.3, 0.4) is 0 Å². The minimum Gasteiger partial charge on any atom is -0.304 e. The quantitative estimate of drug-likeness (QED) is 0.712. The third kappa shape index (κ3) is 5.56. The fraction of sp³-hybridized carbons (Fsp3) is 0.571. The molecule has 0 radical (unpaired) electrons. The molecule has 6 heteroatoms. The van der Waals surface area contributed by atoms with E-state index in [9.17, 15) is 12.8 Å². The van der Waals surface area contributed by atoms with Crippen molar-refractivity contribution < 1.29 is 12.8 Å². The summed E-state index contributed by atoms with van der Waals surface area (Å²) in [6.07, 6.45) is 1.74. The summed E-state index contributed by atoms with van der Waals surface area (Å²) in [5, 5.41) is 0. The van der Waals surface area contributed by atoms with Gasteiger partial charge in [0.05, 0.1) is 4.90 Å². The first-order valence-electron chi connectivity index (χ1n) is 6.97. The monoisotopic (exact) mass is 302 g/mol. The lowest BCUT2D eigenvalue weighted by atomic mass is 10.3. The van der Waals surface area contributed by atoms with E-state index >= 15 is 0 Å². The van der Waals surface area contributed by atoms with Crippen LogP contribution in [0.2, 0.25) is 0 Å². The molecular formula is C14H23FN2O2S. The minimum atomic E-state index is -3.52. The Morgan fingerprint density at radius 1 is 1.10 bits per heavy atom. The van der Waals surface area contributed by atoms with E-state index in [1.54, 1.807) is 0 Å². The third-order valence-corrected chi connectivity index (χ3v) is 4.69. The normalized spacial score (nSPS) is 12.0. The summed E-state index contributed by atoms with van der Waals surface area (Å²) in [5.74, 6) is -0.442. The average Bonchev–Trinajstić information content (AvgIpc) is 2.43. The number of nitrogens with one attached hydrogen (secondary N) is 1. The molecule has 4 nitrogen and oxygen atoms in total. The van der Waals surface area contributed by atoms with Gasteiger partial charge in [-0.25, -0.2) is 17.5 Å². The third-order valence-electron chi connectivity index (χ3n) is 3.21. The van der Waals surface area contributed by atoms with E-state index in [0.29, 0.717) is 6.54 Å². The zero-order valence-corrected chi connectivity index (χ0v) is 12.9. The largest absolute Gasteiger partial charge is 0.304 e. The topological polar surface area (TPSA) is 49.4 Å². The smallest absolute Gasteiger partial charge is 0.240 e. The summed E-state index contributed by atoms with van der Waals surface area (Å²) in [7, 11) is -3.52. The number of hydrogen-bond acceptors (Lipinski definition) is 3. The molecule has 0 aliphatic heterocycles. The molecule has 1 rings (SSSR count). The molecule has 0 bridgehead atoms. The van der Waals surface area contributed by atoms with Crippen molar-refractivity contribution >= 4 is 10.0 Å². The second-order valence-corrected chi connectivity index (χ2v) is 6.35. The van der Waals surface area contributed by atoms with E-state index in [-0.39, 0.29) is 4.90 Å². The lowest BCUT2D eigenvalue weighted by molar-refractivity contribution is 0.297. The lowest BCUT2D eigenvalue weighted by Gasteiger charge is -2.17. The lowest BCUT2D eigenvalue weighted by Crippen LogP contribution is -2.27. The summed E-state index contributed by atoms with van der Waals surface area (Å²) in [6, 6.07) is 4.84. The highest BCUT2D eigenvalue weighted by Gasteiger charge is 2.12. The number of sulfonamides is 1. The van der Waals surface area contributed by atoms with E-state index in [0.717, 1.165) is 44.6 Å². The maximum atomic E-state index is 12.8. The molecule has 0 saturated carbocycles. The Labute approximate surface area is 121 Å². The number of nitrogens with zero attached hydrogens (tertiary/aromatic N) is 1. The fourth-order valence-electron chi connectivity index (χ4n) is 1.90. The van der Waals surface area contributed by atoms with Gasteiger partial charge in [-0.3, -0.25) is 0 Å². The van der Waals surface area contributed by atoms with Crippen molar-refractivity contribution in [2.75, 3.05) is 26.2 Å². The molecule has 1 aromatic rings. The van der Waals surface area contributed by atoms with Gasteiger partial charge in [0.25, 0.3) is 0 Å². The second kappa shape index (κ2) is 8.34. The van der Waals surface area contributed by atoms with Gasteiger partial charge < -0.3 is 4.90 Å². The van der Waals surface area contributed by atoms with Crippen LogP contribution in [0.25, 0.3) is 0 Å². The first kappa shape index (κ1) is 17.1. The number of halogens is 1. The Bertz CT molecular complexity index is 484. The van der Waals surface area contributed by atoms with Gasteiger partial charge in [0.2, 0.25) is 10.0 Å². The van der Waals surface area contributed by atoms with E-state index in [2.05, 4.69) is 23.5 Å². The maximum Gasteiger partial charge on any atom is 0.240 e. The maximum absolute atomic E-state index is 12.8. The van der Waals surface area contributed by atoms with E-state index < -0.39 is 15.8 Å². The Balaban J connectivity index is 2.35. The molecule has 0 spiro atoms. The highest BCUT2D eigenvalue weighted by atomic mass is 32.2. The van der Waals surface area contributed by atoms with Crippen LogP contribution in [0.4, 0.5) is 4.39 Å². The first-order chi connectivity index (χ1) is 9.49. The average molecular weight is 302 g/mol. The van der Waals surface area contributed by atoms with Crippen LogP contribution >= 0.6 is 0 Å². The molecule has 0 aliphatic rings. The first-order valence-corrected chi connectivity index (χ1v) is 8.45. The SMILES string of the molecule is CCN(CC)CCCCNS(=O)(=O)c1ccc(F)cc1. The van der Waals surface area contributed by atoms with Gasteiger partial charge in [-0.1, -0.05) is 13.8 Å². The number of unbranched alkanes of at least 4 members (excludes halogenated alkanes) is 1. The molecule has 0 aromatic heterocycles. The van der Waals surface area contributed by atoms with Crippen LogP contribution in [0.15, 0.2) is 29.2 Å². The Morgan fingerprint density at radius 2 is 1.70 bits per heavy atom. The zero-order valence-electron chi connectivity index (χ0n) is 12.1. The molecule has 1 aromatic carbocycles. The van der Waals surface area contributed by atoms with Gasteiger partial charge in [0, 0.05) is 6.54 Å². The second-order valence-electron chi connectivity index (χ2n) is 4.59. The molecular weight excluding hydrogens is 279 g/mol.